The molecule has 0 saturated carbocycles. The summed E-state index contributed by atoms with van der Waals surface area (Å²) in [5, 5.41) is 6.62. The van der Waals surface area contributed by atoms with E-state index in [1.54, 1.807) is 0 Å². The average Bonchev–Trinajstić information content (AvgIpc) is 2.98. The monoisotopic (exact) mass is 441 g/mol. The van der Waals surface area contributed by atoms with Crippen LogP contribution in [0.4, 0.5) is 23.2 Å². The lowest BCUT2D eigenvalue weighted by Crippen LogP contribution is -2.16. The van der Waals surface area contributed by atoms with E-state index in [4.69, 9.17) is 0 Å². The molecule has 0 atom stereocenters. The van der Waals surface area contributed by atoms with Crippen molar-refractivity contribution in [2.75, 3.05) is 5.32 Å². The Bertz CT molecular complexity index is 997. The van der Waals surface area contributed by atoms with E-state index in [1.807, 2.05) is 0 Å². The number of hydrogen-bond donors (Lipinski definition) is 1. The molecule has 0 unspecified atom stereocenters. The second-order valence-electron chi connectivity index (χ2n) is 5.69. The van der Waals surface area contributed by atoms with E-state index >= 15 is 0 Å². The second-order valence-corrected chi connectivity index (χ2v) is 6.55. The smallest absolute Gasteiger partial charge is 0.321 e. The van der Waals surface area contributed by atoms with Gasteiger partial charge in [-0.05, 0) is 48.5 Å². The summed E-state index contributed by atoms with van der Waals surface area (Å²) in [5.41, 5.74) is 0.298. The van der Waals surface area contributed by atoms with Crippen molar-refractivity contribution in [1.29, 1.82) is 0 Å². The summed E-state index contributed by atoms with van der Waals surface area (Å²) >= 11 is 2.85. The Labute approximate surface area is 159 Å². The Morgan fingerprint density at radius 3 is 2.41 bits per heavy atom. The minimum atomic E-state index is -4.55. The van der Waals surface area contributed by atoms with Crippen LogP contribution in [0, 0.1) is 5.82 Å². The first-order chi connectivity index (χ1) is 12.6. The molecular weight excluding hydrogens is 430 g/mol. The lowest BCUT2D eigenvalue weighted by molar-refractivity contribution is -0.138. The van der Waals surface area contributed by atoms with Crippen LogP contribution in [0.3, 0.4) is 0 Å². The molecule has 0 radical (unpaired) electrons. The first kappa shape index (κ1) is 19.1. The van der Waals surface area contributed by atoms with Crippen molar-refractivity contribution in [3.63, 3.8) is 0 Å². The number of nitrogens with zero attached hydrogens (tertiary/aromatic N) is 2. The fraction of sp³-hybridized carbons (Fsp3) is 0.111. The maximum absolute atomic E-state index is 13.0. The number of aryl methyl sites for hydroxylation is 1. The molecule has 0 aliphatic heterocycles. The van der Waals surface area contributed by atoms with Crippen LogP contribution in [-0.2, 0) is 13.2 Å². The van der Waals surface area contributed by atoms with Crippen molar-refractivity contribution >= 4 is 27.5 Å². The van der Waals surface area contributed by atoms with Gasteiger partial charge in [0.05, 0.1) is 11.3 Å². The van der Waals surface area contributed by atoms with Gasteiger partial charge in [0.25, 0.3) is 5.91 Å². The highest BCUT2D eigenvalue weighted by atomic mass is 79.9. The molecule has 0 spiro atoms. The lowest BCUT2D eigenvalue weighted by atomic mass is 10.1. The summed E-state index contributed by atoms with van der Waals surface area (Å²) in [5.74, 6) is -1.02. The van der Waals surface area contributed by atoms with Gasteiger partial charge in [-0.25, -0.2) is 4.39 Å². The fourth-order valence-electron chi connectivity index (χ4n) is 2.46. The molecule has 4 nitrogen and oxygen atoms in total. The molecule has 0 saturated heterocycles. The number of carbonyl (C=O) groups excluding carboxylic acids is 1. The maximum Gasteiger partial charge on any atom is 0.417 e. The highest BCUT2D eigenvalue weighted by molar-refractivity contribution is 9.10. The number of hydrogen-bond acceptors (Lipinski definition) is 2. The maximum atomic E-state index is 13.0. The summed E-state index contributed by atoms with van der Waals surface area (Å²) in [6.45, 7) is 0. The molecule has 2 aromatic carbocycles. The largest absolute Gasteiger partial charge is 0.417 e. The van der Waals surface area contributed by atoms with Crippen LogP contribution < -0.4 is 5.32 Å². The van der Waals surface area contributed by atoms with Crippen LogP contribution in [0.2, 0.25) is 0 Å². The fourth-order valence-corrected chi connectivity index (χ4v) is 2.93. The third kappa shape index (κ3) is 4.19. The van der Waals surface area contributed by atoms with Crippen molar-refractivity contribution < 1.29 is 22.4 Å². The van der Waals surface area contributed by atoms with E-state index in [2.05, 4.69) is 26.3 Å². The summed E-state index contributed by atoms with van der Waals surface area (Å²) in [4.78, 5) is 12.5. The summed E-state index contributed by atoms with van der Waals surface area (Å²) in [6, 6.07) is 10.5. The predicted octanol–water partition coefficient (Wildman–Crippen LogP) is 5.26. The quantitative estimate of drug-likeness (QED) is 0.563. The average molecular weight is 442 g/mol. The highest BCUT2D eigenvalue weighted by Crippen LogP contribution is 2.36. The van der Waals surface area contributed by atoms with Gasteiger partial charge < -0.3 is 5.32 Å². The van der Waals surface area contributed by atoms with Crippen molar-refractivity contribution in [3.05, 3.63) is 70.1 Å². The Hall–Kier alpha value is -2.68. The SMILES string of the molecule is Cn1nc(-c2ccc(F)cc2)cc1C(=O)Nc1ccc(Br)c(C(F)(F)F)c1. The molecule has 140 valence electrons. The Balaban J connectivity index is 1.86. The molecule has 0 aliphatic carbocycles. The van der Waals surface area contributed by atoms with Crippen molar-refractivity contribution in [1.82, 2.24) is 9.78 Å². The molecule has 1 heterocycles. The van der Waals surface area contributed by atoms with Gasteiger partial charge in [0.1, 0.15) is 11.5 Å². The van der Waals surface area contributed by atoms with E-state index in [-0.39, 0.29) is 15.9 Å². The van der Waals surface area contributed by atoms with Crippen molar-refractivity contribution in [2.45, 2.75) is 6.18 Å². The van der Waals surface area contributed by atoms with Gasteiger partial charge in [-0.2, -0.15) is 18.3 Å². The standard InChI is InChI=1S/C18H12BrF4N3O/c1-26-16(9-15(25-26)10-2-4-11(20)5-3-10)17(27)24-12-6-7-14(19)13(8-12)18(21,22)23/h2-9H,1H3,(H,24,27). The highest BCUT2D eigenvalue weighted by Gasteiger charge is 2.33. The van der Waals surface area contributed by atoms with Gasteiger partial charge in [-0.3, -0.25) is 9.48 Å². The van der Waals surface area contributed by atoms with Gasteiger partial charge in [-0.1, -0.05) is 15.9 Å². The number of amides is 1. The van der Waals surface area contributed by atoms with E-state index in [1.165, 1.54) is 54.2 Å². The minimum absolute atomic E-state index is 0.0000529. The summed E-state index contributed by atoms with van der Waals surface area (Å²) in [7, 11) is 1.53. The van der Waals surface area contributed by atoms with E-state index in [9.17, 15) is 22.4 Å². The number of halogens is 5. The number of carbonyl (C=O) groups is 1. The molecule has 0 fully saturated rings. The third-order valence-electron chi connectivity index (χ3n) is 3.78. The topological polar surface area (TPSA) is 46.9 Å². The van der Waals surface area contributed by atoms with Gasteiger partial charge in [-0.15, -0.1) is 0 Å². The van der Waals surface area contributed by atoms with Crippen molar-refractivity contribution in [2.24, 2.45) is 7.05 Å². The normalized spacial score (nSPS) is 11.5. The number of nitrogens with one attached hydrogen (secondary N) is 1. The number of benzene rings is 2. The first-order valence-corrected chi connectivity index (χ1v) is 8.42. The molecule has 27 heavy (non-hydrogen) atoms. The molecule has 0 aliphatic rings. The number of aromatic nitrogens is 2. The zero-order valence-corrected chi connectivity index (χ0v) is 15.4. The number of alkyl halides is 3. The molecule has 0 bridgehead atoms. The van der Waals surface area contributed by atoms with Crippen LogP contribution in [0.1, 0.15) is 16.1 Å². The molecule has 3 rings (SSSR count). The van der Waals surface area contributed by atoms with Crippen LogP contribution >= 0.6 is 15.9 Å². The van der Waals surface area contributed by atoms with Gasteiger partial charge in [0.15, 0.2) is 0 Å². The zero-order chi connectivity index (χ0) is 19.8. The Morgan fingerprint density at radius 2 is 1.78 bits per heavy atom. The molecule has 1 aromatic heterocycles. The Morgan fingerprint density at radius 1 is 1.11 bits per heavy atom. The lowest BCUT2D eigenvalue weighted by Gasteiger charge is -2.12. The zero-order valence-electron chi connectivity index (χ0n) is 13.8. The van der Waals surface area contributed by atoms with Gasteiger partial charge in [0.2, 0.25) is 0 Å². The Kier molecular flexibility index (Phi) is 5.05. The van der Waals surface area contributed by atoms with Crippen LogP contribution in [0.5, 0.6) is 0 Å². The number of rotatable bonds is 3. The van der Waals surface area contributed by atoms with Crippen molar-refractivity contribution in [3.8, 4) is 11.3 Å². The van der Waals surface area contributed by atoms with Crippen LogP contribution in [0.25, 0.3) is 11.3 Å². The third-order valence-corrected chi connectivity index (χ3v) is 4.47. The van der Waals surface area contributed by atoms with Crippen LogP contribution in [0.15, 0.2) is 53.0 Å². The molecule has 3 aromatic rings. The second kappa shape index (κ2) is 7.15. The predicted molar refractivity (Wildman–Crippen MR) is 95.7 cm³/mol. The van der Waals surface area contributed by atoms with Crippen LogP contribution in [-0.4, -0.2) is 15.7 Å². The minimum Gasteiger partial charge on any atom is -0.321 e. The van der Waals surface area contributed by atoms with Gasteiger partial charge in [0, 0.05) is 22.8 Å². The van der Waals surface area contributed by atoms with E-state index in [0.29, 0.717) is 11.3 Å². The summed E-state index contributed by atoms with van der Waals surface area (Å²) < 4.78 is 53.2. The molecule has 9 heteroatoms. The molecule has 1 amide bonds. The van der Waals surface area contributed by atoms with E-state index in [0.717, 1.165) is 6.07 Å². The van der Waals surface area contributed by atoms with Gasteiger partial charge >= 0.3 is 6.18 Å². The molecule has 1 N–H and O–H groups in total. The first-order valence-electron chi connectivity index (χ1n) is 7.63. The number of anilines is 1. The van der Waals surface area contributed by atoms with E-state index < -0.39 is 23.5 Å². The molecular formula is C18H12BrF4N3O. The summed E-state index contributed by atoms with van der Waals surface area (Å²) in [6.07, 6.45) is -4.55.